The molecule has 0 radical (unpaired) electrons. The fourth-order valence-electron chi connectivity index (χ4n) is 3.56. The van der Waals surface area contributed by atoms with E-state index in [2.05, 4.69) is 5.10 Å². The number of para-hydroxylation sites is 2. The molecule has 0 spiro atoms. The fraction of sp³-hybridized carbons (Fsp3) is 0.130. The first-order valence-corrected chi connectivity index (χ1v) is 9.29. The summed E-state index contributed by atoms with van der Waals surface area (Å²) in [6, 6.07) is 19.3. The van der Waals surface area contributed by atoms with Gasteiger partial charge in [0.05, 0.1) is 11.3 Å². The molecule has 4 rings (SSSR count). The summed E-state index contributed by atoms with van der Waals surface area (Å²) in [7, 11) is 0. The smallest absolute Gasteiger partial charge is 0.318 e. The molecule has 4 nitrogen and oxygen atoms in total. The standard InChI is InChI=1S/C23H18F3N3O/c1-15-13-17(16(2)28(15)18-9-5-3-6-10-18)14-20-21(23(24,25)26)27-29(22(20)30)19-11-7-4-8-12-19/h3-14H,1-2H3/b20-14-. The number of hydrogen-bond donors (Lipinski definition) is 0. The van der Waals surface area contributed by atoms with Crippen molar-refractivity contribution >= 4 is 23.4 Å². The molecule has 0 saturated heterocycles. The summed E-state index contributed by atoms with van der Waals surface area (Å²) < 4.78 is 42.9. The molecule has 0 saturated carbocycles. The third-order valence-electron chi connectivity index (χ3n) is 4.93. The van der Waals surface area contributed by atoms with Crippen LogP contribution in [0.4, 0.5) is 18.9 Å². The molecule has 1 amide bonds. The van der Waals surface area contributed by atoms with Crippen LogP contribution in [0.25, 0.3) is 11.8 Å². The van der Waals surface area contributed by atoms with Crippen LogP contribution in [0.5, 0.6) is 0 Å². The topological polar surface area (TPSA) is 37.6 Å². The summed E-state index contributed by atoms with van der Waals surface area (Å²) in [6.45, 7) is 3.68. The van der Waals surface area contributed by atoms with Crippen LogP contribution in [0.15, 0.2) is 77.4 Å². The van der Waals surface area contributed by atoms with E-state index in [1.807, 2.05) is 48.7 Å². The molecule has 1 aromatic heterocycles. The minimum Gasteiger partial charge on any atom is -0.318 e. The van der Waals surface area contributed by atoms with Gasteiger partial charge in [-0.3, -0.25) is 4.79 Å². The zero-order valence-electron chi connectivity index (χ0n) is 16.3. The Balaban J connectivity index is 1.81. The highest BCUT2D eigenvalue weighted by Gasteiger charge is 2.46. The zero-order chi connectivity index (χ0) is 21.5. The van der Waals surface area contributed by atoms with E-state index in [-0.39, 0.29) is 5.69 Å². The van der Waals surface area contributed by atoms with Crippen LogP contribution in [0.3, 0.4) is 0 Å². The molecule has 0 N–H and O–H groups in total. The molecule has 1 aliphatic heterocycles. The molecule has 0 unspecified atom stereocenters. The number of hydrazone groups is 1. The molecule has 0 aliphatic carbocycles. The van der Waals surface area contributed by atoms with Gasteiger partial charge in [-0.15, -0.1) is 0 Å². The van der Waals surface area contributed by atoms with Crippen LogP contribution in [0.1, 0.15) is 17.0 Å². The lowest BCUT2D eigenvalue weighted by Gasteiger charge is -2.11. The SMILES string of the molecule is Cc1cc(/C=C2\C(=O)N(c3ccccc3)N=C2C(F)(F)F)c(C)n1-c1ccccc1. The van der Waals surface area contributed by atoms with Crippen molar-refractivity contribution in [2.45, 2.75) is 20.0 Å². The minimum atomic E-state index is -4.75. The number of aryl methyl sites for hydroxylation is 1. The highest BCUT2D eigenvalue weighted by Crippen LogP contribution is 2.33. The van der Waals surface area contributed by atoms with Crippen LogP contribution < -0.4 is 5.01 Å². The lowest BCUT2D eigenvalue weighted by molar-refractivity contribution is -0.114. The van der Waals surface area contributed by atoms with Crippen molar-refractivity contribution in [2.24, 2.45) is 5.10 Å². The van der Waals surface area contributed by atoms with Crippen molar-refractivity contribution in [1.82, 2.24) is 4.57 Å². The summed E-state index contributed by atoms with van der Waals surface area (Å²) in [6.07, 6.45) is -3.48. The maximum Gasteiger partial charge on any atom is 0.435 e. The maximum absolute atomic E-state index is 13.7. The van der Waals surface area contributed by atoms with Gasteiger partial charge in [0, 0.05) is 17.1 Å². The number of hydrogen-bond acceptors (Lipinski definition) is 2. The molecule has 0 fully saturated rings. The fourth-order valence-corrected chi connectivity index (χ4v) is 3.56. The summed E-state index contributed by atoms with van der Waals surface area (Å²) in [5.41, 5.74) is 1.63. The van der Waals surface area contributed by atoms with Gasteiger partial charge in [-0.2, -0.15) is 23.3 Å². The Morgan fingerprint density at radius 1 is 0.900 bits per heavy atom. The number of anilines is 1. The van der Waals surface area contributed by atoms with E-state index in [1.54, 1.807) is 36.4 Å². The first kappa shape index (κ1) is 19.7. The van der Waals surface area contributed by atoms with Crippen LogP contribution in [-0.2, 0) is 4.79 Å². The average molecular weight is 409 g/mol. The van der Waals surface area contributed by atoms with E-state index < -0.39 is 23.4 Å². The summed E-state index contributed by atoms with van der Waals surface area (Å²) in [5, 5.41) is 4.40. The number of nitrogens with zero attached hydrogens (tertiary/aromatic N) is 3. The minimum absolute atomic E-state index is 0.280. The summed E-state index contributed by atoms with van der Waals surface area (Å²) >= 11 is 0. The predicted molar refractivity (Wildman–Crippen MR) is 111 cm³/mol. The number of alkyl halides is 3. The second-order valence-corrected chi connectivity index (χ2v) is 6.95. The molecule has 0 bridgehead atoms. The van der Waals surface area contributed by atoms with Gasteiger partial charge in [0.1, 0.15) is 0 Å². The lowest BCUT2D eigenvalue weighted by Crippen LogP contribution is -2.25. The molecular formula is C23H18F3N3O. The summed E-state index contributed by atoms with van der Waals surface area (Å²) in [4.78, 5) is 12.9. The quantitative estimate of drug-likeness (QED) is 0.531. The van der Waals surface area contributed by atoms with E-state index in [9.17, 15) is 18.0 Å². The number of rotatable bonds is 3. The second kappa shape index (κ2) is 7.33. The number of aromatic nitrogens is 1. The number of amides is 1. The Kier molecular flexibility index (Phi) is 4.81. The third-order valence-corrected chi connectivity index (χ3v) is 4.93. The molecule has 2 aromatic carbocycles. The Labute approximate surface area is 171 Å². The van der Waals surface area contributed by atoms with Crippen LogP contribution in [0.2, 0.25) is 0 Å². The largest absolute Gasteiger partial charge is 0.435 e. The molecule has 2 heterocycles. The highest BCUT2D eigenvalue weighted by atomic mass is 19.4. The van der Waals surface area contributed by atoms with Gasteiger partial charge in [0.15, 0.2) is 5.71 Å². The summed E-state index contributed by atoms with van der Waals surface area (Å²) in [5.74, 6) is -0.807. The van der Waals surface area contributed by atoms with Crippen molar-refractivity contribution < 1.29 is 18.0 Å². The van der Waals surface area contributed by atoms with Crippen LogP contribution >= 0.6 is 0 Å². The van der Waals surface area contributed by atoms with Gasteiger partial charge in [-0.1, -0.05) is 36.4 Å². The third kappa shape index (κ3) is 3.43. The van der Waals surface area contributed by atoms with Crippen molar-refractivity contribution in [3.63, 3.8) is 0 Å². The van der Waals surface area contributed by atoms with Gasteiger partial charge in [0.2, 0.25) is 0 Å². The lowest BCUT2D eigenvalue weighted by atomic mass is 10.1. The van der Waals surface area contributed by atoms with E-state index in [0.717, 1.165) is 22.1 Å². The Morgan fingerprint density at radius 2 is 1.47 bits per heavy atom. The van der Waals surface area contributed by atoms with Gasteiger partial charge >= 0.3 is 6.18 Å². The molecule has 7 heteroatoms. The Bertz CT molecular complexity index is 1160. The van der Waals surface area contributed by atoms with Crippen molar-refractivity contribution in [3.8, 4) is 5.69 Å². The number of carbonyl (C=O) groups excluding carboxylic acids is 1. The Hall–Kier alpha value is -3.61. The van der Waals surface area contributed by atoms with Crippen molar-refractivity contribution in [3.05, 3.63) is 89.3 Å². The van der Waals surface area contributed by atoms with Crippen LogP contribution in [-0.4, -0.2) is 22.4 Å². The van der Waals surface area contributed by atoms with E-state index in [1.165, 1.54) is 6.08 Å². The van der Waals surface area contributed by atoms with Gasteiger partial charge < -0.3 is 4.57 Å². The second-order valence-electron chi connectivity index (χ2n) is 6.95. The van der Waals surface area contributed by atoms with E-state index in [4.69, 9.17) is 0 Å². The van der Waals surface area contributed by atoms with Crippen molar-refractivity contribution in [2.75, 3.05) is 5.01 Å². The highest BCUT2D eigenvalue weighted by molar-refractivity contribution is 6.34. The zero-order valence-corrected chi connectivity index (χ0v) is 16.3. The number of carbonyl (C=O) groups is 1. The molecular weight excluding hydrogens is 391 g/mol. The van der Waals surface area contributed by atoms with E-state index >= 15 is 0 Å². The van der Waals surface area contributed by atoms with Crippen molar-refractivity contribution in [1.29, 1.82) is 0 Å². The van der Waals surface area contributed by atoms with Gasteiger partial charge in [-0.05, 0) is 55.8 Å². The van der Waals surface area contributed by atoms with Gasteiger partial charge in [-0.25, -0.2) is 0 Å². The molecule has 1 aliphatic rings. The maximum atomic E-state index is 13.7. The first-order valence-electron chi connectivity index (χ1n) is 9.29. The van der Waals surface area contributed by atoms with Crippen LogP contribution in [0, 0.1) is 13.8 Å². The monoisotopic (exact) mass is 409 g/mol. The Morgan fingerprint density at radius 3 is 2.03 bits per heavy atom. The van der Waals surface area contributed by atoms with Gasteiger partial charge in [0.25, 0.3) is 5.91 Å². The predicted octanol–water partition coefficient (Wildman–Crippen LogP) is 5.44. The molecule has 3 aromatic rings. The van der Waals surface area contributed by atoms with E-state index in [0.29, 0.717) is 5.56 Å². The number of halogens is 3. The molecule has 152 valence electrons. The molecule has 30 heavy (non-hydrogen) atoms. The average Bonchev–Trinajstić information content (AvgIpc) is 3.20. The first-order chi connectivity index (χ1) is 14.3. The number of benzene rings is 2. The molecule has 0 atom stereocenters. The normalized spacial score (nSPS) is 15.8.